The van der Waals surface area contributed by atoms with Crippen molar-refractivity contribution in [3.63, 3.8) is 0 Å². The molecule has 1 amide bonds. The molecule has 0 aliphatic heterocycles. The van der Waals surface area contributed by atoms with Gasteiger partial charge in [0.15, 0.2) is 0 Å². The Kier molecular flexibility index (Phi) is 5.46. The molecular weight excluding hydrogens is 364 g/mol. The van der Waals surface area contributed by atoms with Gasteiger partial charge in [-0.2, -0.15) is 0 Å². The predicted octanol–water partition coefficient (Wildman–Crippen LogP) is 2.52. The van der Waals surface area contributed by atoms with Crippen molar-refractivity contribution in [3.8, 4) is 0 Å². The summed E-state index contributed by atoms with van der Waals surface area (Å²) in [6.07, 6.45) is 1.99. The van der Waals surface area contributed by atoms with E-state index in [1.54, 1.807) is 0 Å². The quantitative estimate of drug-likeness (QED) is 0.586. The number of anilines is 1. The Hall–Kier alpha value is -2.87. The van der Waals surface area contributed by atoms with Crippen LogP contribution in [0.25, 0.3) is 10.9 Å². The molecule has 0 spiro atoms. The molecule has 1 aromatic carbocycles. The average molecular weight is 384 g/mol. The van der Waals surface area contributed by atoms with E-state index >= 15 is 0 Å². The van der Waals surface area contributed by atoms with Crippen LogP contribution in [0.1, 0.15) is 23.6 Å². The van der Waals surface area contributed by atoms with Crippen LogP contribution in [0.3, 0.4) is 0 Å². The second-order valence-corrected chi connectivity index (χ2v) is 7.24. The van der Waals surface area contributed by atoms with E-state index in [0.29, 0.717) is 0 Å². The molecule has 7 nitrogen and oxygen atoms in total. The average Bonchev–Trinajstić information content (AvgIpc) is 2.61. The summed E-state index contributed by atoms with van der Waals surface area (Å²) in [6, 6.07) is 6.29. The number of carbonyl (C=O) groups excluding carboxylic acids is 1. The maximum atomic E-state index is 12.2. The summed E-state index contributed by atoms with van der Waals surface area (Å²) in [6.45, 7) is 6.15. The van der Waals surface area contributed by atoms with Crippen LogP contribution in [-0.4, -0.2) is 26.6 Å². The van der Waals surface area contributed by atoms with Gasteiger partial charge in [0.05, 0.1) is 11.3 Å². The number of hydrogen-bond donors (Lipinski definition) is 3. The monoisotopic (exact) mass is 384 g/mol. The highest BCUT2D eigenvalue weighted by Crippen LogP contribution is 2.28. The number of rotatable bonds is 5. The smallest absolute Gasteiger partial charge is 0.320 e. The van der Waals surface area contributed by atoms with Crippen molar-refractivity contribution < 1.29 is 4.79 Å². The van der Waals surface area contributed by atoms with Gasteiger partial charge in [-0.3, -0.25) is 14.6 Å². The van der Waals surface area contributed by atoms with Gasteiger partial charge in [-0.15, -0.1) is 0 Å². The number of amides is 1. The van der Waals surface area contributed by atoms with Crippen LogP contribution in [0.4, 0.5) is 5.69 Å². The highest BCUT2D eigenvalue weighted by atomic mass is 32.2. The Morgan fingerprint density at radius 2 is 2.00 bits per heavy atom. The first-order chi connectivity index (χ1) is 12.9. The fraction of sp³-hybridized carbons (Fsp3) is 0.263. The molecule has 2 aromatic heterocycles. The topological polar surface area (TPSA) is 108 Å². The van der Waals surface area contributed by atoms with E-state index in [2.05, 4.69) is 41.3 Å². The lowest BCUT2D eigenvalue weighted by Gasteiger charge is -2.11. The molecular formula is C19H20N4O3S. The normalized spacial score (nSPS) is 10.9. The van der Waals surface area contributed by atoms with Gasteiger partial charge in [-0.1, -0.05) is 24.8 Å². The summed E-state index contributed by atoms with van der Waals surface area (Å²) < 4.78 is 0. The molecule has 0 unspecified atom stereocenters. The molecule has 0 aliphatic rings. The lowest BCUT2D eigenvalue weighted by atomic mass is 10.0. The number of nitrogens with zero attached hydrogens (tertiary/aromatic N) is 1. The molecule has 3 N–H and O–H groups in total. The molecule has 0 atom stereocenters. The van der Waals surface area contributed by atoms with E-state index in [4.69, 9.17) is 4.98 Å². The Labute approximate surface area is 159 Å². The Morgan fingerprint density at radius 1 is 1.22 bits per heavy atom. The standard InChI is InChI=1S/C19H20N4O3S/c1-4-12-7-13-11(3)5-10(2)6-14(13)22-18(12)27-9-16(24)21-15-8-20-19(26)23-17(15)25/h5-8H,4,9H2,1-3H3,(H,21,24)(H2,20,23,25,26). The summed E-state index contributed by atoms with van der Waals surface area (Å²) in [5, 5.41) is 4.42. The van der Waals surface area contributed by atoms with Crippen LogP contribution in [0, 0.1) is 13.8 Å². The first-order valence-electron chi connectivity index (χ1n) is 8.53. The van der Waals surface area contributed by atoms with E-state index in [0.717, 1.165) is 33.5 Å². The number of thioether (sulfide) groups is 1. The van der Waals surface area contributed by atoms with Crippen LogP contribution in [0.15, 0.2) is 39.0 Å². The van der Waals surface area contributed by atoms with Crippen molar-refractivity contribution in [3.05, 3.63) is 61.9 Å². The fourth-order valence-electron chi connectivity index (χ4n) is 2.85. The van der Waals surface area contributed by atoms with Gasteiger partial charge >= 0.3 is 5.69 Å². The molecule has 8 heteroatoms. The number of nitrogens with one attached hydrogen (secondary N) is 3. The maximum absolute atomic E-state index is 12.2. The largest absolute Gasteiger partial charge is 0.325 e. The third-order valence-electron chi connectivity index (χ3n) is 4.14. The second-order valence-electron chi connectivity index (χ2n) is 6.28. The molecule has 2 heterocycles. The van der Waals surface area contributed by atoms with Gasteiger partial charge in [0.2, 0.25) is 5.91 Å². The minimum absolute atomic E-state index is 0.00800. The van der Waals surface area contributed by atoms with Crippen LogP contribution < -0.4 is 16.6 Å². The SMILES string of the molecule is CCc1cc2c(C)cc(C)cc2nc1SCC(=O)Nc1c[nH]c(=O)[nH]c1=O. The van der Waals surface area contributed by atoms with Gasteiger partial charge in [-0.25, -0.2) is 9.78 Å². The number of aromatic amines is 2. The summed E-state index contributed by atoms with van der Waals surface area (Å²) in [5.41, 5.74) is 3.06. The molecule has 0 saturated carbocycles. The summed E-state index contributed by atoms with van der Waals surface area (Å²) >= 11 is 1.33. The highest BCUT2D eigenvalue weighted by Gasteiger charge is 2.12. The molecule has 3 aromatic rings. The van der Waals surface area contributed by atoms with Crippen molar-refractivity contribution in [1.82, 2.24) is 15.0 Å². The zero-order valence-corrected chi connectivity index (χ0v) is 16.1. The summed E-state index contributed by atoms with van der Waals surface area (Å²) in [4.78, 5) is 44.0. The zero-order chi connectivity index (χ0) is 19.6. The molecule has 0 aliphatic carbocycles. The minimum atomic E-state index is -0.638. The highest BCUT2D eigenvalue weighted by molar-refractivity contribution is 8.00. The lowest BCUT2D eigenvalue weighted by Crippen LogP contribution is -2.27. The maximum Gasteiger partial charge on any atom is 0.325 e. The number of carbonyl (C=O) groups is 1. The number of H-pyrrole nitrogens is 2. The van der Waals surface area contributed by atoms with Crippen molar-refractivity contribution in [1.29, 1.82) is 0 Å². The molecule has 3 rings (SSSR count). The minimum Gasteiger partial charge on any atom is -0.320 e. The third-order valence-corrected chi connectivity index (χ3v) is 5.17. The van der Waals surface area contributed by atoms with Crippen molar-refractivity contribution in [2.75, 3.05) is 11.1 Å². The first-order valence-corrected chi connectivity index (χ1v) is 9.51. The van der Waals surface area contributed by atoms with Crippen LogP contribution in [0.2, 0.25) is 0 Å². The molecule has 27 heavy (non-hydrogen) atoms. The number of pyridine rings is 1. The molecule has 0 saturated heterocycles. The van der Waals surface area contributed by atoms with Crippen molar-refractivity contribution in [2.45, 2.75) is 32.2 Å². The number of fused-ring (bicyclic) bond motifs is 1. The summed E-state index contributed by atoms with van der Waals surface area (Å²) in [5.74, 6) is -0.239. The van der Waals surface area contributed by atoms with Gasteiger partial charge < -0.3 is 10.3 Å². The van der Waals surface area contributed by atoms with E-state index in [9.17, 15) is 14.4 Å². The van der Waals surface area contributed by atoms with Gasteiger partial charge in [0.25, 0.3) is 5.56 Å². The van der Waals surface area contributed by atoms with E-state index in [-0.39, 0.29) is 17.3 Å². The van der Waals surface area contributed by atoms with Crippen molar-refractivity contribution in [2.24, 2.45) is 0 Å². The van der Waals surface area contributed by atoms with Crippen molar-refractivity contribution >= 4 is 34.3 Å². The lowest BCUT2D eigenvalue weighted by molar-refractivity contribution is -0.113. The molecule has 0 bridgehead atoms. The van der Waals surface area contributed by atoms with Crippen LogP contribution >= 0.6 is 11.8 Å². The Balaban J connectivity index is 1.80. The summed E-state index contributed by atoms with van der Waals surface area (Å²) in [7, 11) is 0. The predicted molar refractivity (Wildman–Crippen MR) is 108 cm³/mol. The molecule has 0 fully saturated rings. The first kappa shape index (κ1) is 18.9. The van der Waals surface area contributed by atoms with E-state index in [1.807, 2.05) is 13.0 Å². The fourth-order valence-corrected chi connectivity index (χ4v) is 3.75. The Morgan fingerprint density at radius 3 is 2.70 bits per heavy atom. The van der Waals surface area contributed by atoms with E-state index in [1.165, 1.54) is 23.5 Å². The number of benzene rings is 1. The van der Waals surface area contributed by atoms with Gasteiger partial charge in [-0.05, 0) is 49.1 Å². The Bertz CT molecular complexity index is 1130. The molecule has 140 valence electrons. The van der Waals surface area contributed by atoms with Crippen LogP contribution in [0.5, 0.6) is 0 Å². The van der Waals surface area contributed by atoms with Gasteiger partial charge in [0, 0.05) is 11.6 Å². The molecule has 0 radical (unpaired) electrons. The van der Waals surface area contributed by atoms with Gasteiger partial charge in [0.1, 0.15) is 10.7 Å². The number of hydrogen-bond acceptors (Lipinski definition) is 5. The van der Waals surface area contributed by atoms with E-state index < -0.39 is 11.2 Å². The number of aryl methyl sites for hydroxylation is 3. The van der Waals surface area contributed by atoms with Crippen LogP contribution in [-0.2, 0) is 11.2 Å². The number of aromatic nitrogens is 3. The zero-order valence-electron chi connectivity index (χ0n) is 15.3. The second kappa shape index (κ2) is 7.79. The third kappa shape index (κ3) is 4.28.